The Kier molecular flexibility index (Phi) is 5.16. The minimum Gasteiger partial charge on any atom is -0.457 e. The fourth-order valence-corrected chi connectivity index (χ4v) is 3.25. The van der Waals surface area contributed by atoms with Crippen molar-refractivity contribution >= 4 is 12.6 Å². The van der Waals surface area contributed by atoms with E-state index in [1.165, 1.54) is 0 Å². The van der Waals surface area contributed by atoms with Gasteiger partial charge in [-0.15, -0.1) is 0 Å². The van der Waals surface area contributed by atoms with Gasteiger partial charge >= 0.3 is 7.12 Å². The summed E-state index contributed by atoms with van der Waals surface area (Å²) in [6.07, 6.45) is 0. The molecule has 0 atom stereocenters. The van der Waals surface area contributed by atoms with Crippen molar-refractivity contribution in [2.45, 2.75) is 72.2 Å². The summed E-state index contributed by atoms with van der Waals surface area (Å²) in [6, 6.07) is 11.8. The molecule has 0 saturated carbocycles. The highest BCUT2D eigenvalue weighted by atomic mass is 16.7. The third-order valence-electron chi connectivity index (χ3n) is 5.84. The van der Waals surface area contributed by atoms with Gasteiger partial charge in [0.1, 0.15) is 11.5 Å². The zero-order valence-electron chi connectivity index (χ0n) is 18.2. The molecule has 1 fully saturated rings. The van der Waals surface area contributed by atoms with Gasteiger partial charge in [0.25, 0.3) is 0 Å². The molecule has 28 heavy (non-hydrogen) atoms. The van der Waals surface area contributed by atoms with Crippen LogP contribution in [0.4, 0.5) is 0 Å². The predicted molar refractivity (Wildman–Crippen MR) is 113 cm³/mol. The molecule has 150 valence electrons. The average Bonchev–Trinajstić information content (AvgIpc) is 2.78. The second-order valence-corrected chi connectivity index (χ2v) is 9.22. The molecule has 0 aliphatic carbocycles. The summed E-state index contributed by atoms with van der Waals surface area (Å²) in [5.74, 6) is 1.50. The van der Waals surface area contributed by atoms with Crippen molar-refractivity contribution in [2.75, 3.05) is 0 Å². The van der Waals surface area contributed by atoms with Gasteiger partial charge in [0.15, 0.2) is 0 Å². The van der Waals surface area contributed by atoms with Gasteiger partial charge in [-0.1, -0.05) is 30.3 Å². The molecule has 1 aliphatic heterocycles. The van der Waals surface area contributed by atoms with Crippen molar-refractivity contribution in [3.8, 4) is 11.5 Å². The van der Waals surface area contributed by atoms with Gasteiger partial charge in [0.05, 0.1) is 16.8 Å². The second-order valence-electron chi connectivity index (χ2n) is 9.22. The lowest BCUT2D eigenvalue weighted by molar-refractivity contribution is 0.00578. The summed E-state index contributed by atoms with van der Waals surface area (Å²) in [5.41, 5.74) is 1.79. The summed E-state index contributed by atoms with van der Waals surface area (Å²) in [6.45, 7) is 15.7. The first-order valence-corrected chi connectivity index (χ1v) is 9.78. The van der Waals surface area contributed by atoms with Gasteiger partial charge in [-0.05, 0) is 78.1 Å². The third-order valence-corrected chi connectivity index (χ3v) is 5.84. The van der Waals surface area contributed by atoms with Gasteiger partial charge < -0.3 is 19.2 Å². The molecule has 1 saturated heterocycles. The molecule has 0 bridgehead atoms. The van der Waals surface area contributed by atoms with Gasteiger partial charge in [-0.25, -0.2) is 0 Å². The van der Waals surface area contributed by atoms with E-state index in [1.54, 1.807) is 13.8 Å². The van der Waals surface area contributed by atoms with Crippen LogP contribution in [0.15, 0.2) is 36.4 Å². The first-order valence-electron chi connectivity index (χ1n) is 9.78. The number of aryl methyl sites for hydroxylation is 2. The Morgan fingerprint density at radius 1 is 0.929 bits per heavy atom. The van der Waals surface area contributed by atoms with E-state index in [2.05, 4.69) is 0 Å². The molecule has 2 aromatic carbocycles. The van der Waals surface area contributed by atoms with Crippen LogP contribution in [0, 0.1) is 13.8 Å². The first kappa shape index (κ1) is 20.9. The fourth-order valence-electron chi connectivity index (χ4n) is 3.25. The van der Waals surface area contributed by atoms with Gasteiger partial charge in [0.2, 0.25) is 0 Å². The molecule has 0 unspecified atom stereocenters. The monoisotopic (exact) mass is 382 g/mol. The molecule has 0 radical (unpaired) electrons. The Balaban J connectivity index is 2.08. The molecular formula is C23H31BO4. The lowest BCUT2D eigenvalue weighted by Crippen LogP contribution is -2.41. The Hall–Kier alpha value is -1.82. The van der Waals surface area contributed by atoms with Crippen LogP contribution in [0.5, 0.6) is 11.5 Å². The molecule has 1 heterocycles. The number of benzene rings is 2. The molecular weight excluding hydrogens is 351 g/mol. The van der Waals surface area contributed by atoms with Crippen LogP contribution in [-0.2, 0) is 14.9 Å². The topological polar surface area (TPSA) is 47.9 Å². The quantitative estimate of drug-likeness (QED) is 0.784. The highest BCUT2D eigenvalue weighted by Crippen LogP contribution is 2.38. The van der Waals surface area contributed by atoms with Crippen LogP contribution in [0.25, 0.3) is 0 Å². The van der Waals surface area contributed by atoms with Gasteiger partial charge in [-0.2, -0.15) is 0 Å². The van der Waals surface area contributed by atoms with Crippen LogP contribution in [0.3, 0.4) is 0 Å². The molecule has 1 aliphatic rings. The first-order chi connectivity index (χ1) is 12.8. The minimum absolute atomic E-state index is 0.460. The number of hydrogen-bond acceptors (Lipinski definition) is 4. The highest BCUT2D eigenvalue weighted by molar-refractivity contribution is 6.63. The molecule has 0 aromatic heterocycles. The van der Waals surface area contributed by atoms with Crippen molar-refractivity contribution in [3.05, 3.63) is 53.1 Å². The van der Waals surface area contributed by atoms with Crippen molar-refractivity contribution in [3.63, 3.8) is 0 Å². The summed E-state index contributed by atoms with van der Waals surface area (Å²) in [4.78, 5) is 0. The largest absolute Gasteiger partial charge is 0.498 e. The minimum atomic E-state index is -0.977. The Morgan fingerprint density at radius 2 is 1.46 bits per heavy atom. The molecule has 0 amide bonds. The molecule has 5 heteroatoms. The Bertz CT molecular complexity index is 844. The maximum Gasteiger partial charge on any atom is 0.498 e. The van der Waals surface area contributed by atoms with Crippen LogP contribution in [0.1, 0.15) is 58.2 Å². The zero-order chi connectivity index (χ0) is 20.9. The van der Waals surface area contributed by atoms with Crippen molar-refractivity contribution in [1.29, 1.82) is 0 Å². The van der Waals surface area contributed by atoms with Crippen LogP contribution >= 0.6 is 0 Å². The number of rotatable bonds is 4. The summed E-state index contributed by atoms with van der Waals surface area (Å²) >= 11 is 0. The van der Waals surface area contributed by atoms with Crippen LogP contribution in [-0.4, -0.2) is 23.4 Å². The molecule has 1 N–H and O–H groups in total. The number of hydrogen-bond donors (Lipinski definition) is 1. The van der Waals surface area contributed by atoms with Crippen LogP contribution in [0.2, 0.25) is 0 Å². The lowest BCUT2D eigenvalue weighted by Gasteiger charge is -2.32. The molecule has 3 rings (SSSR count). The van der Waals surface area contributed by atoms with Gasteiger partial charge in [-0.3, -0.25) is 0 Å². The SMILES string of the molecule is Cc1cccc(C)c1Oc1ccc(C(C)(C)O)cc1B1OC(C)(C)C(C)(C)O1. The number of ether oxygens (including phenoxy) is 1. The summed E-state index contributed by atoms with van der Waals surface area (Å²) in [5, 5.41) is 10.5. The van der Waals surface area contributed by atoms with E-state index in [0.29, 0.717) is 5.75 Å². The van der Waals surface area contributed by atoms with E-state index in [4.69, 9.17) is 14.0 Å². The highest BCUT2D eigenvalue weighted by Gasteiger charge is 2.52. The number of para-hydroxylation sites is 1. The van der Waals surface area contributed by atoms with Crippen molar-refractivity contribution in [2.24, 2.45) is 0 Å². The summed E-state index contributed by atoms with van der Waals surface area (Å²) < 4.78 is 18.9. The van der Waals surface area contributed by atoms with Crippen LogP contribution < -0.4 is 10.2 Å². The van der Waals surface area contributed by atoms with Gasteiger partial charge in [0, 0.05) is 5.46 Å². The number of aliphatic hydroxyl groups is 1. The van der Waals surface area contributed by atoms with E-state index in [-0.39, 0.29) is 0 Å². The Morgan fingerprint density at radius 3 is 1.96 bits per heavy atom. The van der Waals surface area contributed by atoms with E-state index in [9.17, 15) is 5.11 Å². The smallest absolute Gasteiger partial charge is 0.457 e. The normalized spacial score (nSPS) is 18.4. The maximum atomic E-state index is 10.5. The predicted octanol–water partition coefficient (Wildman–Crippen LogP) is 4.62. The maximum absolute atomic E-state index is 10.5. The van der Waals surface area contributed by atoms with E-state index in [0.717, 1.165) is 27.9 Å². The lowest BCUT2D eigenvalue weighted by atomic mass is 9.76. The summed E-state index contributed by atoms with van der Waals surface area (Å²) in [7, 11) is -0.577. The van der Waals surface area contributed by atoms with Crippen molar-refractivity contribution < 1.29 is 19.2 Å². The molecule has 2 aromatic rings. The van der Waals surface area contributed by atoms with E-state index < -0.39 is 23.9 Å². The zero-order valence-corrected chi connectivity index (χ0v) is 18.2. The van der Waals surface area contributed by atoms with E-state index in [1.807, 2.05) is 77.9 Å². The fraction of sp³-hybridized carbons (Fsp3) is 0.478. The standard InChI is InChI=1S/C23H31BO4/c1-15-10-9-11-16(2)20(15)26-19-13-12-17(21(3,4)25)14-18(19)24-27-22(5,6)23(7,8)28-24/h9-14,25H,1-8H3. The molecule has 0 spiro atoms. The van der Waals surface area contributed by atoms with Crippen molar-refractivity contribution in [1.82, 2.24) is 0 Å². The second kappa shape index (κ2) is 6.91. The van der Waals surface area contributed by atoms with E-state index >= 15 is 0 Å². The average molecular weight is 382 g/mol. The third kappa shape index (κ3) is 3.84. The molecule has 4 nitrogen and oxygen atoms in total. The Labute approximate surface area is 169 Å².